The third kappa shape index (κ3) is 74.3. The zero-order chi connectivity index (χ0) is 73.2. The third-order valence-corrected chi connectivity index (χ3v) is 21.0. The molecule has 0 saturated carbocycles. The van der Waals surface area contributed by atoms with E-state index in [0.717, 1.165) is 103 Å². The lowest BCUT2D eigenvalue weighted by Crippen LogP contribution is -2.30. The summed E-state index contributed by atoms with van der Waals surface area (Å²) in [5.74, 6) is -2.12. The molecule has 0 spiro atoms. The second-order valence-corrected chi connectivity index (χ2v) is 32.1. The van der Waals surface area contributed by atoms with Crippen LogP contribution in [0.25, 0.3) is 0 Å². The molecule has 17 nitrogen and oxygen atoms in total. The Morgan fingerprint density at radius 3 is 0.590 bits per heavy atom. The molecule has 0 aromatic carbocycles. The van der Waals surface area contributed by atoms with Crippen LogP contribution in [-0.4, -0.2) is 96.7 Å². The van der Waals surface area contributed by atoms with E-state index in [1.54, 1.807) is 0 Å². The minimum atomic E-state index is -4.96. The van der Waals surface area contributed by atoms with Crippen LogP contribution in [0.1, 0.15) is 439 Å². The molecule has 0 amide bonds. The quantitative estimate of drug-likeness (QED) is 0.0222. The van der Waals surface area contributed by atoms with E-state index in [-0.39, 0.29) is 25.7 Å². The van der Waals surface area contributed by atoms with Crippen molar-refractivity contribution in [2.75, 3.05) is 39.6 Å². The molecule has 0 heterocycles. The number of phosphoric ester groups is 2. The van der Waals surface area contributed by atoms with Gasteiger partial charge in [-0.25, -0.2) is 9.13 Å². The fourth-order valence-electron chi connectivity index (χ4n) is 12.6. The van der Waals surface area contributed by atoms with Gasteiger partial charge in [0.15, 0.2) is 12.2 Å². The molecule has 0 rings (SSSR count). The largest absolute Gasteiger partial charge is 0.472 e. The molecule has 0 aliphatic heterocycles. The molecule has 2 unspecified atom stereocenters. The van der Waals surface area contributed by atoms with Crippen molar-refractivity contribution in [1.29, 1.82) is 0 Å². The summed E-state index contributed by atoms with van der Waals surface area (Å²) >= 11 is 0. The van der Waals surface area contributed by atoms with Crippen LogP contribution in [0.15, 0.2) is 0 Å². The van der Waals surface area contributed by atoms with Crippen molar-refractivity contribution in [2.24, 2.45) is 0 Å². The summed E-state index contributed by atoms with van der Waals surface area (Å²) in [5.41, 5.74) is 0. The van der Waals surface area contributed by atoms with Crippen molar-refractivity contribution in [3.63, 3.8) is 0 Å². The fourth-order valence-corrected chi connectivity index (χ4v) is 14.2. The van der Waals surface area contributed by atoms with Crippen molar-refractivity contribution in [1.82, 2.24) is 0 Å². The fraction of sp³-hybridized carbons (Fsp3) is 0.951. The molecule has 0 bridgehead atoms. The van der Waals surface area contributed by atoms with Crippen molar-refractivity contribution in [2.45, 2.75) is 457 Å². The Labute approximate surface area is 613 Å². The second kappa shape index (κ2) is 75.3. The lowest BCUT2D eigenvalue weighted by Gasteiger charge is -2.21. The smallest absolute Gasteiger partial charge is 0.462 e. The number of hydrogen-bond donors (Lipinski definition) is 3. The Bertz CT molecular complexity index is 1890. The van der Waals surface area contributed by atoms with Gasteiger partial charge in [0.05, 0.1) is 26.4 Å². The normalized spacial score (nSPS) is 13.8. The van der Waals surface area contributed by atoms with Crippen LogP contribution in [-0.2, 0) is 65.4 Å². The van der Waals surface area contributed by atoms with Crippen LogP contribution in [0.2, 0.25) is 0 Å². The first-order valence-corrected chi connectivity index (χ1v) is 45.3. The number of carbonyl (C=O) groups excluding carboxylic acids is 4. The average molecular weight is 1470 g/mol. The van der Waals surface area contributed by atoms with Crippen LogP contribution in [0.5, 0.6) is 0 Å². The number of rotatable bonds is 82. The minimum absolute atomic E-state index is 0.106. The van der Waals surface area contributed by atoms with Crippen LogP contribution in [0.4, 0.5) is 0 Å². The summed E-state index contributed by atoms with van der Waals surface area (Å²) in [6.45, 7) is 4.94. The molecule has 594 valence electrons. The molecule has 0 saturated heterocycles. The third-order valence-electron chi connectivity index (χ3n) is 19.1. The summed E-state index contributed by atoms with van der Waals surface area (Å²) in [6.07, 6.45) is 68.6. The first-order chi connectivity index (χ1) is 48.7. The first kappa shape index (κ1) is 98.1. The van der Waals surface area contributed by atoms with Crippen molar-refractivity contribution >= 4 is 39.5 Å². The number of hydrogen-bond acceptors (Lipinski definition) is 15. The molecule has 0 aromatic rings. The van der Waals surface area contributed by atoms with E-state index in [4.69, 9.17) is 37.0 Å². The molecule has 3 N–H and O–H groups in total. The van der Waals surface area contributed by atoms with Crippen molar-refractivity contribution in [3.05, 3.63) is 0 Å². The molecule has 100 heavy (non-hydrogen) atoms. The number of esters is 4. The van der Waals surface area contributed by atoms with Crippen LogP contribution in [0, 0.1) is 0 Å². The minimum Gasteiger partial charge on any atom is -0.462 e. The highest BCUT2D eigenvalue weighted by Crippen LogP contribution is 2.45. The summed E-state index contributed by atoms with van der Waals surface area (Å²) in [6, 6.07) is 0. The van der Waals surface area contributed by atoms with Crippen LogP contribution in [0.3, 0.4) is 0 Å². The maximum Gasteiger partial charge on any atom is 0.472 e. The van der Waals surface area contributed by atoms with Gasteiger partial charge in [-0.1, -0.05) is 387 Å². The van der Waals surface area contributed by atoms with Crippen LogP contribution < -0.4 is 0 Å². The van der Waals surface area contributed by atoms with Crippen molar-refractivity contribution < 1.29 is 80.2 Å². The maximum atomic E-state index is 13.1. The van der Waals surface area contributed by atoms with Gasteiger partial charge in [0, 0.05) is 25.7 Å². The lowest BCUT2D eigenvalue weighted by molar-refractivity contribution is -0.161. The van der Waals surface area contributed by atoms with Gasteiger partial charge in [-0.3, -0.25) is 37.3 Å². The molecule has 0 aromatic heterocycles. The maximum absolute atomic E-state index is 13.1. The molecule has 0 fully saturated rings. The van der Waals surface area contributed by atoms with E-state index < -0.39 is 97.5 Å². The van der Waals surface area contributed by atoms with Gasteiger partial charge in [0.1, 0.15) is 19.3 Å². The van der Waals surface area contributed by atoms with E-state index in [2.05, 4.69) is 27.7 Å². The van der Waals surface area contributed by atoms with E-state index in [1.807, 2.05) is 0 Å². The van der Waals surface area contributed by atoms with Crippen molar-refractivity contribution in [3.8, 4) is 0 Å². The van der Waals surface area contributed by atoms with Gasteiger partial charge in [0.25, 0.3) is 0 Å². The highest BCUT2D eigenvalue weighted by atomic mass is 31.2. The number of carbonyl (C=O) groups is 4. The number of unbranched alkanes of at least 4 members (excludes halogenated alkanes) is 56. The number of ether oxygens (including phenoxy) is 4. The summed E-state index contributed by atoms with van der Waals surface area (Å²) in [4.78, 5) is 72.7. The van der Waals surface area contributed by atoms with E-state index in [0.29, 0.717) is 25.7 Å². The molecular weight excluding hydrogens is 1310 g/mol. The average Bonchev–Trinajstić information content (AvgIpc) is 1.22. The van der Waals surface area contributed by atoms with Gasteiger partial charge in [-0.05, 0) is 25.7 Å². The molecule has 0 aliphatic carbocycles. The molecule has 5 atom stereocenters. The molecule has 0 radical (unpaired) electrons. The standard InChI is InChI=1S/C81H158O17P2/c1-5-9-13-17-21-24-26-28-30-32-34-36-38-40-42-44-46-48-51-54-58-62-66-79(84)92-72-77(98-81(86)68-64-60-56-52-49-47-45-43-41-39-37-35-33-31-29-27-25-22-18-14-10-6-2)74-96-100(89,90)94-70-75(82)69-93-99(87,88)95-73-76(71-91-78(83)65-61-57-53-20-16-12-8-4)97-80(85)67-63-59-55-50-23-19-15-11-7-3/h75-77,82H,5-74H2,1-4H3,(H,87,88)(H,89,90)/t75-,76+,77+/m0/s1. The van der Waals surface area contributed by atoms with E-state index in [9.17, 15) is 43.2 Å². The molecule has 0 aliphatic rings. The van der Waals surface area contributed by atoms with E-state index >= 15 is 0 Å². The van der Waals surface area contributed by atoms with Crippen LogP contribution >= 0.6 is 15.6 Å². The summed E-state index contributed by atoms with van der Waals surface area (Å²) in [7, 11) is -9.90. The lowest BCUT2D eigenvalue weighted by atomic mass is 10.0. The Morgan fingerprint density at radius 1 is 0.240 bits per heavy atom. The Morgan fingerprint density at radius 2 is 0.400 bits per heavy atom. The number of phosphoric acid groups is 2. The van der Waals surface area contributed by atoms with E-state index in [1.165, 1.54) is 257 Å². The van der Waals surface area contributed by atoms with Gasteiger partial charge in [-0.2, -0.15) is 0 Å². The highest BCUT2D eigenvalue weighted by Gasteiger charge is 2.30. The number of aliphatic hydroxyl groups is 1. The van der Waals surface area contributed by atoms with Gasteiger partial charge in [0.2, 0.25) is 0 Å². The SMILES string of the molecule is CCCCCCCCCCCCCCCCCCCCCCCCC(=O)OC[C@H](COP(=O)(O)OC[C@@H](O)COP(=O)(O)OC[C@@H](COC(=O)CCCCCCCCC)OC(=O)CCCCCCCCCCC)OC(=O)CCCCCCCCCCCCCCCCCCCCCCCC. The zero-order valence-corrected chi connectivity index (χ0v) is 67.0. The predicted molar refractivity (Wildman–Crippen MR) is 409 cm³/mol. The second-order valence-electron chi connectivity index (χ2n) is 29.2. The Balaban J connectivity index is 5.09. The topological polar surface area (TPSA) is 237 Å². The highest BCUT2D eigenvalue weighted by molar-refractivity contribution is 7.47. The van der Waals surface area contributed by atoms with Gasteiger partial charge in [-0.15, -0.1) is 0 Å². The molecule has 19 heteroatoms. The summed E-state index contributed by atoms with van der Waals surface area (Å²) < 4.78 is 68.4. The Kier molecular flexibility index (Phi) is 73.8. The Hall–Kier alpha value is -1.94. The number of aliphatic hydroxyl groups excluding tert-OH is 1. The van der Waals surface area contributed by atoms with Gasteiger partial charge < -0.3 is 33.8 Å². The monoisotopic (exact) mass is 1470 g/mol. The zero-order valence-electron chi connectivity index (χ0n) is 65.2. The first-order valence-electron chi connectivity index (χ1n) is 42.3. The predicted octanol–water partition coefficient (Wildman–Crippen LogP) is 24.6. The molecular formula is C81H158O17P2. The van der Waals surface area contributed by atoms with Gasteiger partial charge >= 0.3 is 39.5 Å². The summed E-state index contributed by atoms with van der Waals surface area (Å²) in [5, 5.41) is 10.6.